The van der Waals surface area contributed by atoms with E-state index in [0.29, 0.717) is 18.0 Å². The van der Waals surface area contributed by atoms with Crippen molar-refractivity contribution in [2.75, 3.05) is 25.5 Å². The maximum Gasteiger partial charge on any atom is 0.221 e. The third-order valence-corrected chi connectivity index (χ3v) is 3.12. The molecular formula is C13H20N4OS. The summed E-state index contributed by atoms with van der Waals surface area (Å²) in [6.07, 6.45) is 0.421. The number of anilines is 1. The van der Waals surface area contributed by atoms with Gasteiger partial charge in [-0.25, -0.2) is 0 Å². The minimum atomic E-state index is 0.00576. The predicted molar refractivity (Wildman–Crippen MR) is 81.6 cm³/mol. The molecular weight excluding hydrogens is 260 g/mol. The van der Waals surface area contributed by atoms with E-state index in [4.69, 9.17) is 18.0 Å². The Labute approximate surface area is 119 Å². The van der Waals surface area contributed by atoms with E-state index in [0.717, 1.165) is 22.6 Å². The lowest BCUT2D eigenvalue weighted by molar-refractivity contribution is -0.120. The number of aryl methyl sites for hydroxylation is 2. The molecule has 5 nitrogen and oxygen atoms in total. The Bertz CT molecular complexity index is 502. The molecule has 0 unspecified atom stereocenters. The standard InChI is InChI=1S/C13H20N4OS/c1-8-7-10(12(13(14)19)9(2)16-8)17(4)6-5-11(18)15-3/h7H,5-6H2,1-4H3,(H2,14,19)(H,15,18). The summed E-state index contributed by atoms with van der Waals surface area (Å²) in [7, 11) is 3.54. The fourth-order valence-electron chi connectivity index (χ4n) is 1.93. The molecule has 6 heteroatoms. The first kappa shape index (κ1) is 15.4. The van der Waals surface area contributed by atoms with Crippen molar-refractivity contribution in [2.45, 2.75) is 20.3 Å². The van der Waals surface area contributed by atoms with E-state index in [2.05, 4.69) is 10.3 Å². The highest BCUT2D eigenvalue weighted by Gasteiger charge is 2.15. The van der Waals surface area contributed by atoms with Crippen LogP contribution in [0.4, 0.5) is 5.69 Å². The van der Waals surface area contributed by atoms with Crippen molar-refractivity contribution in [3.05, 3.63) is 23.0 Å². The van der Waals surface area contributed by atoms with Gasteiger partial charge in [-0.3, -0.25) is 9.78 Å². The largest absolute Gasteiger partial charge is 0.389 e. The number of pyridine rings is 1. The summed E-state index contributed by atoms with van der Waals surface area (Å²) in [5.74, 6) is 0.00576. The Morgan fingerprint density at radius 1 is 1.53 bits per heavy atom. The molecule has 0 aliphatic rings. The van der Waals surface area contributed by atoms with Crippen LogP contribution in [0.1, 0.15) is 23.4 Å². The van der Waals surface area contributed by atoms with Crippen LogP contribution in [0.3, 0.4) is 0 Å². The van der Waals surface area contributed by atoms with Gasteiger partial charge >= 0.3 is 0 Å². The van der Waals surface area contributed by atoms with Crippen molar-refractivity contribution in [1.29, 1.82) is 0 Å². The first-order valence-electron chi connectivity index (χ1n) is 6.06. The van der Waals surface area contributed by atoms with Gasteiger partial charge in [0.2, 0.25) is 5.91 Å². The van der Waals surface area contributed by atoms with Crippen LogP contribution in [0.15, 0.2) is 6.07 Å². The van der Waals surface area contributed by atoms with Crippen molar-refractivity contribution >= 4 is 28.8 Å². The number of nitrogens with one attached hydrogen (secondary N) is 1. The summed E-state index contributed by atoms with van der Waals surface area (Å²) in [4.78, 5) is 18.0. The second kappa shape index (κ2) is 6.47. The van der Waals surface area contributed by atoms with Crippen LogP contribution in [-0.2, 0) is 4.79 Å². The Morgan fingerprint density at radius 3 is 2.68 bits per heavy atom. The lowest BCUT2D eigenvalue weighted by Gasteiger charge is -2.23. The Morgan fingerprint density at radius 2 is 2.16 bits per heavy atom. The SMILES string of the molecule is CNC(=O)CCN(C)c1cc(C)nc(C)c1C(N)=S. The molecule has 19 heavy (non-hydrogen) atoms. The monoisotopic (exact) mass is 280 g/mol. The summed E-state index contributed by atoms with van der Waals surface area (Å²) < 4.78 is 0. The zero-order chi connectivity index (χ0) is 14.6. The van der Waals surface area contributed by atoms with Crippen molar-refractivity contribution < 1.29 is 4.79 Å². The van der Waals surface area contributed by atoms with Gasteiger partial charge in [0.15, 0.2) is 0 Å². The normalized spacial score (nSPS) is 10.1. The lowest BCUT2D eigenvalue weighted by atomic mass is 10.1. The molecule has 3 N–H and O–H groups in total. The third-order valence-electron chi connectivity index (χ3n) is 2.92. The molecule has 0 aliphatic carbocycles. The number of carbonyl (C=O) groups excluding carboxylic acids is 1. The van der Waals surface area contributed by atoms with E-state index in [-0.39, 0.29) is 5.91 Å². The number of hydrogen-bond donors (Lipinski definition) is 2. The van der Waals surface area contributed by atoms with Crippen LogP contribution in [0.5, 0.6) is 0 Å². The maximum absolute atomic E-state index is 11.3. The van der Waals surface area contributed by atoms with E-state index in [1.807, 2.05) is 31.9 Å². The molecule has 0 saturated carbocycles. The van der Waals surface area contributed by atoms with E-state index < -0.39 is 0 Å². The molecule has 0 aliphatic heterocycles. The molecule has 1 aromatic rings. The molecule has 0 bridgehead atoms. The van der Waals surface area contributed by atoms with E-state index in [9.17, 15) is 4.79 Å². The topological polar surface area (TPSA) is 71.2 Å². The van der Waals surface area contributed by atoms with Gasteiger partial charge in [0.1, 0.15) is 4.99 Å². The number of amides is 1. The van der Waals surface area contributed by atoms with E-state index in [1.165, 1.54) is 0 Å². The molecule has 104 valence electrons. The number of carbonyl (C=O) groups is 1. The van der Waals surface area contributed by atoms with E-state index in [1.54, 1.807) is 7.05 Å². The van der Waals surface area contributed by atoms with Gasteiger partial charge in [-0.2, -0.15) is 0 Å². The molecule has 1 amide bonds. The van der Waals surface area contributed by atoms with Crippen LogP contribution in [0.25, 0.3) is 0 Å². The highest BCUT2D eigenvalue weighted by molar-refractivity contribution is 7.80. The lowest BCUT2D eigenvalue weighted by Crippen LogP contribution is -2.28. The summed E-state index contributed by atoms with van der Waals surface area (Å²) >= 11 is 5.09. The van der Waals surface area contributed by atoms with Gasteiger partial charge in [-0.1, -0.05) is 12.2 Å². The molecule has 1 heterocycles. The predicted octanol–water partition coefficient (Wildman–Crippen LogP) is 0.905. The average Bonchev–Trinajstić information content (AvgIpc) is 2.33. The Kier molecular flexibility index (Phi) is 5.23. The Hall–Kier alpha value is -1.69. The number of hydrogen-bond acceptors (Lipinski definition) is 4. The number of aromatic nitrogens is 1. The summed E-state index contributed by atoms with van der Waals surface area (Å²) in [5.41, 5.74) is 9.18. The maximum atomic E-state index is 11.3. The summed E-state index contributed by atoms with van der Waals surface area (Å²) in [5, 5.41) is 2.60. The average molecular weight is 280 g/mol. The van der Waals surface area contributed by atoms with Crippen LogP contribution in [0, 0.1) is 13.8 Å². The number of nitrogens with two attached hydrogens (primary N) is 1. The van der Waals surface area contributed by atoms with Gasteiger partial charge in [0, 0.05) is 38.4 Å². The quantitative estimate of drug-likeness (QED) is 0.784. The fraction of sp³-hybridized carbons (Fsp3) is 0.462. The second-order valence-electron chi connectivity index (χ2n) is 4.45. The molecule has 1 rings (SSSR count). The zero-order valence-electron chi connectivity index (χ0n) is 11.8. The van der Waals surface area contributed by atoms with Gasteiger partial charge in [-0.15, -0.1) is 0 Å². The minimum Gasteiger partial charge on any atom is -0.389 e. The zero-order valence-corrected chi connectivity index (χ0v) is 12.6. The highest BCUT2D eigenvalue weighted by atomic mass is 32.1. The molecule has 0 fully saturated rings. The van der Waals surface area contributed by atoms with Gasteiger partial charge in [0.05, 0.1) is 11.3 Å². The third kappa shape index (κ3) is 3.89. The highest BCUT2D eigenvalue weighted by Crippen LogP contribution is 2.23. The minimum absolute atomic E-state index is 0.00576. The first-order valence-corrected chi connectivity index (χ1v) is 6.47. The summed E-state index contributed by atoms with van der Waals surface area (Å²) in [6, 6.07) is 1.94. The van der Waals surface area contributed by atoms with Gasteiger partial charge in [0.25, 0.3) is 0 Å². The van der Waals surface area contributed by atoms with Gasteiger partial charge < -0.3 is 16.0 Å². The van der Waals surface area contributed by atoms with Gasteiger partial charge in [-0.05, 0) is 19.9 Å². The van der Waals surface area contributed by atoms with Crippen LogP contribution in [-0.4, -0.2) is 36.5 Å². The van der Waals surface area contributed by atoms with Crippen LogP contribution in [0.2, 0.25) is 0 Å². The van der Waals surface area contributed by atoms with Crippen molar-refractivity contribution in [3.63, 3.8) is 0 Å². The number of rotatable bonds is 5. The molecule has 0 atom stereocenters. The smallest absolute Gasteiger partial charge is 0.221 e. The van der Waals surface area contributed by atoms with Crippen molar-refractivity contribution in [1.82, 2.24) is 10.3 Å². The molecule has 0 aromatic carbocycles. The first-order chi connectivity index (χ1) is 8.86. The second-order valence-corrected chi connectivity index (χ2v) is 4.89. The van der Waals surface area contributed by atoms with Crippen molar-refractivity contribution in [3.8, 4) is 0 Å². The van der Waals surface area contributed by atoms with Crippen LogP contribution >= 0.6 is 12.2 Å². The molecule has 0 spiro atoms. The van der Waals surface area contributed by atoms with Crippen molar-refractivity contribution in [2.24, 2.45) is 5.73 Å². The van der Waals surface area contributed by atoms with E-state index >= 15 is 0 Å². The van der Waals surface area contributed by atoms with Crippen LogP contribution < -0.4 is 16.0 Å². The summed E-state index contributed by atoms with van der Waals surface area (Å²) in [6.45, 7) is 4.40. The molecule has 0 radical (unpaired) electrons. The molecule has 1 aromatic heterocycles. The number of thiocarbonyl (C=S) groups is 1. The molecule has 0 saturated heterocycles. The number of nitrogens with zero attached hydrogens (tertiary/aromatic N) is 2. The fourth-order valence-corrected chi connectivity index (χ4v) is 2.18. The Balaban J connectivity index is 3.04.